The largest absolute Gasteiger partial charge is 0.387 e. The van der Waals surface area contributed by atoms with Crippen LogP contribution in [0.3, 0.4) is 0 Å². The average molecular weight is 319 g/mol. The van der Waals surface area contributed by atoms with Gasteiger partial charge in [0.25, 0.3) is 0 Å². The maximum Gasteiger partial charge on any atom is 0.167 e. The number of methoxy groups -OCH3 is 1. The van der Waals surface area contributed by atoms with Gasteiger partial charge in [0.05, 0.1) is 12.9 Å². The van der Waals surface area contributed by atoms with Crippen LogP contribution in [0.5, 0.6) is 0 Å². The lowest BCUT2D eigenvalue weighted by Crippen LogP contribution is -2.36. The molecule has 1 aliphatic rings. The number of fused-ring (bicyclic) bond motifs is 1. The van der Waals surface area contributed by atoms with E-state index in [0.717, 1.165) is 0 Å². The van der Waals surface area contributed by atoms with Gasteiger partial charge in [0.15, 0.2) is 17.7 Å². The first-order valence-corrected chi connectivity index (χ1v) is 6.98. The zero-order valence-corrected chi connectivity index (χ0v) is 12.5. The van der Waals surface area contributed by atoms with Gasteiger partial charge >= 0.3 is 0 Å². The van der Waals surface area contributed by atoms with E-state index >= 15 is 0 Å². The molecule has 0 amide bonds. The zero-order chi connectivity index (χ0) is 16.4. The Morgan fingerprint density at radius 2 is 2.30 bits per heavy atom. The van der Waals surface area contributed by atoms with Crippen molar-refractivity contribution in [2.24, 2.45) is 0 Å². The number of imidazole rings is 1. The normalized spacial score (nSPS) is 27.3. The molecule has 4 unspecified atom stereocenters. The van der Waals surface area contributed by atoms with Gasteiger partial charge < -0.3 is 25.1 Å². The number of aliphatic hydroxyl groups is 1. The number of aromatic nitrogens is 4. The number of aliphatic hydroxyl groups excluding tert-OH is 1. The number of hydrogen-bond donors (Lipinski definition) is 2. The van der Waals surface area contributed by atoms with E-state index in [2.05, 4.69) is 20.9 Å². The fourth-order valence-electron chi connectivity index (χ4n) is 2.62. The predicted molar refractivity (Wildman–Crippen MR) is 80.1 cm³/mol. The molecular weight excluding hydrogens is 302 g/mol. The van der Waals surface area contributed by atoms with E-state index in [1.54, 1.807) is 4.57 Å². The summed E-state index contributed by atoms with van der Waals surface area (Å²) in [4.78, 5) is 12.3. The molecule has 0 aromatic carbocycles. The number of anilines is 1. The van der Waals surface area contributed by atoms with E-state index in [-0.39, 0.29) is 19.0 Å². The fourth-order valence-corrected chi connectivity index (χ4v) is 2.62. The molecule has 0 spiro atoms. The summed E-state index contributed by atoms with van der Waals surface area (Å²) in [5.41, 5.74) is 6.73. The van der Waals surface area contributed by atoms with Gasteiger partial charge in [-0.3, -0.25) is 4.57 Å². The molecule has 0 radical (unpaired) electrons. The molecule has 3 N–H and O–H groups in total. The van der Waals surface area contributed by atoms with E-state index in [1.807, 2.05) is 0 Å². The minimum atomic E-state index is -0.898. The van der Waals surface area contributed by atoms with Crippen LogP contribution in [0.2, 0.25) is 0 Å². The smallest absolute Gasteiger partial charge is 0.167 e. The molecule has 1 fully saturated rings. The number of rotatable bonds is 5. The van der Waals surface area contributed by atoms with Crippen LogP contribution < -0.4 is 5.73 Å². The molecule has 23 heavy (non-hydrogen) atoms. The fraction of sp³-hybridized carbons (Fsp3) is 0.500. The van der Waals surface area contributed by atoms with Crippen LogP contribution in [0, 0.1) is 12.3 Å². The Balaban J connectivity index is 1.97. The average Bonchev–Trinajstić information content (AvgIpc) is 3.09. The Morgan fingerprint density at radius 3 is 3.04 bits per heavy atom. The molecular formula is C14H17N5O4. The molecule has 2 aromatic heterocycles. The summed E-state index contributed by atoms with van der Waals surface area (Å²) in [6.07, 6.45) is 5.32. The van der Waals surface area contributed by atoms with Gasteiger partial charge in [-0.25, -0.2) is 15.0 Å². The van der Waals surface area contributed by atoms with Gasteiger partial charge in [-0.2, -0.15) is 0 Å². The van der Waals surface area contributed by atoms with E-state index < -0.39 is 24.5 Å². The molecule has 122 valence electrons. The van der Waals surface area contributed by atoms with Crippen molar-refractivity contribution in [1.82, 2.24) is 19.5 Å². The van der Waals surface area contributed by atoms with Crippen molar-refractivity contribution >= 4 is 17.0 Å². The number of nitrogen functional groups attached to an aromatic ring is 1. The second-order valence-corrected chi connectivity index (χ2v) is 5.07. The van der Waals surface area contributed by atoms with E-state index in [0.29, 0.717) is 11.2 Å². The SMILES string of the molecule is C#CCOC1C(O)C(COC)OC1n1cnc2c(N)ncnc21. The highest BCUT2D eigenvalue weighted by atomic mass is 16.6. The van der Waals surface area contributed by atoms with Crippen LogP contribution in [-0.2, 0) is 14.2 Å². The lowest BCUT2D eigenvalue weighted by molar-refractivity contribution is -0.0670. The van der Waals surface area contributed by atoms with Crippen molar-refractivity contribution in [1.29, 1.82) is 0 Å². The van der Waals surface area contributed by atoms with Crippen molar-refractivity contribution in [2.45, 2.75) is 24.5 Å². The second kappa shape index (κ2) is 6.47. The van der Waals surface area contributed by atoms with Crippen molar-refractivity contribution in [3.05, 3.63) is 12.7 Å². The predicted octanol–water partition coefficient (Wildman–Crippen LogP) is -0.668. The molecule has 1 saturated heterocycles. The van der Waals surface area contributed by atoms with Crippen LogP contribution >= 0.6 is 0 Å². The first-order chi connectivity index (χ1) is 11.2. The number of hydrogen-bond acceptors (Lipinski definition) is 8. The molecule has 3 rings (SSSR count). The van der Waals surface area contributed by atoms with Crippen LogP contribution in [-0.4, -0.2) is 63.3 Å². The van der Waals surface area contributed by atoms with Crippen LogP contribution in [0.15, 0.2) is 12.7 Å². The van der Waals surface area contributed by atoms with Crippen LogP contribution in [0.25, 0.3) is 11.2 Å². The molecule has 0 bridgehead atoms. The first-order valence-electron chi connectivity index (χ1n) is 6.98. The van der Waals surface area contributed by atoms with Gasteiger partial charge in [0.1, 0.15) is 36.8 Å². The van der Waals surface area contributed by atoms with Gasteiger partial charge in [0.2, 0.25) is 0 Å². The molecule has 0 aliphatic carbocycles. The van der Waals surface area contributed by atoms with E-state index in [1.165, 1.54) is 19.8 Å². The summed E-state index contributed by atoms with van der Waals surface area (Å²) in [7, 11) is 1.53. The topological polar surface area (TPSA) is 118 Å². The molecule has 4 atom stereocenters. The lowest BCUT2D eigenvalue weighted by atomic mass is 10.1. The van der Waals surface area contributed by atoms with Crippen molar-refractivity contribution in [2.75, 3.05) is 26.1 Å². The monoisotopic (exact) mass is 319 g/mol. The molecule has 3 heterocycles. The first kappa shape index (κ1) is 15.6. The van der Waals surface area contributed by atoms with E-state index in [4.69, 9.17) is 26.4 Å². The zero-order valence-electron chi connectivity index (χ0n) is 12.5. The van der Waals surface area contributed by atoms with Gasteiger partial charge in [-0.15, -0.1) is 6.42 Å². The maximum absolute atomic E-state index is 10.4. The number of nitrogens with zero attached hydrogens (tertiary/aromatic N) is 4. The van der Waals surface area contributed by atoms with Gasteiger partial charge in [-0.05, 0) is 0 Å². The minimum Gasteiger partial charge on any atom is -0.387 e. The van der Waals surface area contributed by atoms with Crippen molar-refractivity contribution in [3.63, 3.8) is 0 Å². The Labute approximate surface area is 132 Å². The second-order valence-electron chi connectivity index (χ2n) is 5.07. The quantitative estimate of drug-likeness (QED) is 0.697. The standard InChI is InChI=1S/C14H17N5O4/c1-3-4-22-11-10(20)8(5-21-2)23-14(11)19-7-18-9-12(15)16-6-17-13(9)19/h1,6-8,10-11,14,20H,4-5H2,2H3,(H2,15,16,17). The number of ether oxygens (including phenoxy) is 3. The minimum absolute atomic E-state index is 0.0467. The third-order valence-corrected chi connectivity index (χ3v) is 3.66. The number of nitrogens with two attached hydrogens (primary N) is 1. The maximum atomic E-state index is 10.4. The Morgan fingerprint density at radius 1 is 1.48 bits per heavy atom. The summed E-state index contributed by atoms with van der Waals surface area (Å²) < 4.78 is 18.2. The highest BCUT2D eigenvalue weighted by molar-refractivity contribution is 5.81. The summed E-state index contributed by atoms with van der Waals surface area (Å²) in [6, 6.07) is 0. The van der Waals surface area contributed by atoms with Crippen LogP contribution in [0.4, 0.5) is 5.82 Å². The summed E-state index contributed by atoms with van der Waals surface area (Å²) in [6.45, 7) is 0.266. The Kier molecular flexibility index (Phi) is 4.40. The van der Waals surface area contributed by atoms with Crippen molar-refractivity contribution < 1.29 is 19.3 Å². The van der Waals surface area contributed by atoms with E-state index in [9.17, 15) is 5.11 Å². The summed E-state index contributed by atoms with van der Waals surface area (Å²) in [5, 5.41) is 10.4. The molecule has 9 heteroatoms. The highest BCUT2D eigenvalue weighted by Crippen LogP contribution is 2.34. The third kappa shape index (κ3) is 2.73. The molecule has 9 nitrogen and oxygen atoms in total. The molecule has 0 saturated carbocycles. The Bertz CT molecular complexity index is 728. The van der Waals surface area contributed by atoms with Crippen molar-refractivity contribution in [3.8, 4) is 12.3 Å². The highest BCUT2D eigenvalue weighted by Gasteiger charge is 2.46. The Hall–Kier alpha value is -2.25. The van der Waals surface area contributed by atoms with Gasteiger partial charge in [0, 0.05) is 7.11 Å². The molecule has 2 aromatic rings. The third-order valence-electron chi connectivity index (χ3n) is 3.66. The number of terminal acetylenes is 1. The van der Waals surface area contributed by atoms with Crippen LogP contribution in [0.1, 0.15) is 6.23 Å². The lowest BCUT2D eigenvalue weighted by Gasteiger charge is -2.20. The molecule has 1 aliphatic heterocycles. The summed E-state index contributed by atoms with van der Waals surface area (Å²) >= 11 is 0. The summed E-state index contributed by atoms with van der Waals surface area (Å²) in [5.74, 6) is 2.65. The van der Waals surface area contributed by atoms with Gasteiger partial charge in [-0.1, -0.05) is 5.92 Å².